The van der Waals surface area contributed by atoms with Crippen molar-refractivity contribution in [2.24, 2.45) is 5.41 Å². The van der Waals surface area contributed by atoms with Crippen LogP contribution in [0.1, 0.15) is 35.3 Å². The fourth-order valence-corrected chi connectivity index (χ4v) is 1.52. The van der Waals surface area contributed by atoms with Crippen LogP contribution < -0.4 is 0 Å². The zero-order valence-corrected chi connectivity index (χ0v) is 10.9. The van der Waals surface area contributed by atoms with Gasteiger partial charge in [0.1, 0.15) is 0 Å². The highest BCUT2D eigenvalue weighted by Crippen LogP contribution is 2.18. The Labute approximate surface area is 102 Å². The highest BCUT2D eigenvalue weighted by atomic mass is 16.5. The summed E-state index contributed by atoms with van der Waals surface area (Å²) in [5.41, 5.74) is 2.06. The van der Waals surface area contributed by atoms with Crippen LogP contribution in [0, 0.1) is 19.3 Å². The quantitative estimate of drug-likeness (QED) is 0.817. The number of aliphatic hydroxyl groups excluding tert-OH is 1. The Morgan fingerprint density at radius 2 is 1.82 bits per heavy atom. The van der Waals surface area contributed by atoms with Crippen LogP contribution in [-0.4, -0.2) is 24.3 Å². The summed E-state index contributed by atoms with van der Waals surface area (Å²) in [6.07, 6.45) is 0. The van der Waals surface area contributed by atoms with E-state index < -0.39 is 5.41 Å². The molecule has 0 radical (unpaired) electrons. The van der Waals surface area contributed by atoms with Crippen molar-refractivity contribution in [2.75, 3.05) is 13.2 Å². The molecule has 0 spiro atoms. The molecule has 0 amide bonds. The van der Waals surface area contributed by atoms with Crippen molar-refractivity contribution < 1.29 is 14.6 Å². The third kappa shape index (κ3) is 3.56. The Balaban J connectivity index is 2.78. The minimum atomic E-state index is -0.397. The second-order valence-corrected chi connectivity index (χ2v) is 5.17. The normalized spacial score (nSPS) is 11.4. The first kappa shape index (κ1) is 13.7. The molecule has 0 saturated carbocycles. The van der Waals surface area contributed by atoms with Crippen LogP contribution >= 0.6 is 0 Å². The molecule has 0 aliphatic heterocycles. The van der Waals surface area contributed by atoms with Crippen molar-refractivity contribution >= 4 is 5.97 Å². The maximum absolute atomic E-state index is 11.9. The number of benzene rings is 1. The summed E-state index contributed by atoms with van der Waals surface area (Å²) >= 11 is 0. The van der Waals surface area contributed by atoms with E-state index in [1.54, 1.807) is 0 Å². The molecule has 94 valence electrons. The van der Waals surface area contributed by atoms with E-state index in [0.29, 0.717) is 5.56 Å². The molecule has 0 heterocycles. The van der Waals surface area contributed by atoms with E-state index in [1.807, 2.05) is 45.9 Å². The summed E-state index contributed by atoms with van der Waals surface area (Å²) in [5, 5.41) is 9.10. The van der Waals surface area contributed by atoms with Crippen LogP contribution in [-0.2, 0) is 4.74 Å². The van der Waals surface area contributed by atoms with Crippen molar-refractivity contribution in [1.82, 2.24) is 0 Å². The molecule has 0 atom stereocenters. The van der Waals surface area contributed by atoms with Crippen molar-refractivity contribution in [3.05, 3.63) is 34.9 Å². The minimum absolute atomic E-state index is 0.00691. The second kappa shape index (κ2) is 5.32. The summed E-state index contributed by atoms with van der Waals surface area (Å²) in [6.45, 7) is 7.70. The molecule has 17 heavy (non-hydrogen) atoms. The molecular formula is C14H20O3. The molecule has 1 aromatic carbocycles. The molecule has 0 unspecified atom stereocenters. The van der Waals surface area contributed by atoms with E-state index >= 15 is 0 Å². The van der Waals surface area contributed by atoms with Crippen molar-refractivity contribution in [3.8, 4) is 0 Å². The van der Waals surface area contributed by atoms with Gasteiger partial charge < -0.3 is 9.84 Å². The van der Waals surface area contributed by atoms with Gasteiger partial charge in [-0.2, -0.15) is 0 Å². The number of hydrogen-bond acceptors (Lipinski definition) is 3. The molecule has 0 saturated heterocycles. The van der Waals surface area contributed by atoms with Gasteiger partial charge in [-0.3, -0.25) is 0 Å². The van der Waals surface area contributed by atoms with E-state index in [1.165, 1.54) is 0 Å². The lowest BCUT2D eigenvalue weighted by molar-refractivity contribution is 0.0217. The molecule has 0 aromatic heterocycles. The van der Waals surface area contributed by atoms with E-state index in [9.17, 15) is 4.79 Å². The minimum Gasteiger partial charge on any atom is -0.461 e. The zero-order valence-electron chi connectivity index (χ0n) is 10.9. The van der Waals surface area contributed by atoms with Gasteiger partial charge in [-0.25, -0.2) is 4.79 Å². The van der Waals surface area contributed by atoms with Gasteiger partial charge in [0.25, 0.3) is 0 Å². The molecule has 0 fully saturated rings. The molecule has 3 nitrogen and oxygen atoms in total. The summed E-state index contributed by atoms with van der Waals surface area (Å²) in [7, 11) is 0. The van der Waals surface area contributed by atoms with Gasteiger partial charge in [0, 0.05) is 5.41 Å². The smallest absolute Gasteiger partial charge is 0.338 e. The van der Waals surface area contributed by atoms with Crippen LogP contribution in [0.4, 0.5) is 0 Å². The molecule has 3 heteroatoms. The third-order valence-electron chi connectivity index (χ3n) is 2.71. The van der Waals surface area contributed by atoms with Crippen LogP contribution in [0.15, 0.2) is 18.2 Å². The molecular weight excluding hydrogens is 216 g/mol. The van der Waals surface area contributed by atoms with Gasteiger partial charge >= 0.3 is 5.97 Å². The van der Waals surface area contributed by atoms with Crippen LogP contribution in [0.25, 0.3) is 0 Å². The van der Waals surface area contributed by atoms with E-state index in [0.717, 1.165) is 11.1 Å². The molecule has 1 rings (SSSR count). The number of rotatable bonds is 4. The lowest BCUT2D eigenvalue weighted by atomic mass is 9.96. The Kier molecular flexibility index (Phi) is 4.29. The predicted octanol–water partition coefficient (Wildman–Crippen LogP) is 2.48. The number of aliphatic hydroxyl groups is 1. The van der Waals surface area contributed by atoms with E-state index in [4.69, 9.17) is 9.84 Å². The van der Waals surface area contributed by atoms with Gasteiger partial charge in [0.05, 0.1) is 18.8 Å². The summed E-state index contributed by atoms with van der Waals surface area (Å²) in [5.74, 6) is -0.317. The van der Waals surface area contributed by atoms with Gasteiger partial charge in [-0.1, -0.05) is 32.0 Å². The topological polar surface area (TPSA) is 46.5 Å². The fraction of sp³-hybridized carbons (Fsp3) is 0.500. The first-order valence-electron chi connectivity index (χ1n) is 5.71. The van der Waals surface area contributed by atoms with Crippen LogP contribution in [0.3, 0.4) is 0 Å². The average Bonchev–Trinajstić information content (AvgIpc) is 2.26. The Hall–Kier alpha value is -1.35. The highest BCUT2D eigenvalue weighted by Gasteiger charge is 2.21. The maximum atomic E-state index is 11.9. The molecule has 1 N–H and O–H groups in total. The largest absolute Gasteiger partial charge is 0.461 e. The average molecular weight is 236 g/mol. The summed E-state index contributed by atoms with van der Waals surface area (Å²) in [4.78, 5) is 11.9. The van der Waals surface area contributed by atoms with Crippen molar-refractivity contribution in [1.29, 1.82) is 0 Å². The monoisotopic (exact) mass is 236 g/mol. The number of carbonyl (C=O) groups is 1. The Morgan fingerprint density at radius 3 is 2.29 bits per heavy atom. The highest BCUT2D eigenvalue weighted by molar-refractivity contribution is 5.92. The van der Waals surface area contributed by atoms with E-state index in [2.05, 4.69) is 0 Å². The molecule has 0 aliphatic carbocycles. The Bertz CT molecular complexity index is 388. The van der Waals surface area contributed by atoms with Crippen LogP contribution in [0.2, 0.25) is 0 Å². The first-order valence-corrected chi connectivity index (χ1v) is 5.71. The lowest BCUT2D eigenvalue weighted by Crippen LogP contribution is -2.26. The second-order valence-electron chi connectivity index (χ2n) is 5.17. The number of hydrogen-bond donors (Lipinski definition) is 1. The standard InChI is InChI=1S/C14H20O3/c1-10-6-5-7-11(2)12(10)13(16)17-9-14(3,4)8-15/h5-7,15H,8-9H2,1-4H3. The molecule has 1 aromatic rings. The predicted molar refractivity (Wildman–Crippen MR) is 67.1 cm³/mol. The maximum Gasteiger partial charge on any atom is 0.338 e. The number of aryl methyl sites for hydroxylation is 2. The van der Waals surface area contributed by atoms with Gasteiger partial charge in [0.15, 0.2) is 0 Å². The number of carbonyl (C=O) groups excluding carboxylic acids is 1. The zero-order chi connectivity index (χ0) is 13.1. The van der Waals surface area contributed by atoms with Crippen molar-refractivity contribution in [2.45, 2.75) is 27.7 Å². The van der Waals surface area contributed by atoms with Gasteiger partial charge in [0.2, 0.25) is 0 Å². The SMILES string of the molecule is Cc1cccc(C)c1C(=O)OCC(C)(C)CO. The number of ether oxygens (including phenoxy) is 1. The summed E-state index contributed by atoms with van der Waals surface area (Å²) < 4.78 is 5.25. The van der Waals surface area contributed by atoms with Crippen LogP contribution in [0.5, 0.6) is 0 Å². The summed E-state index contributed by atoms with van der Waals surface area (Å²) in [6, 6.07) is 5.70. The fourth-order valence-electron chi connectivity index (χ4n) is 1.52. The third-order valence-corrected chi connectivity index (χ3v) is 2.71. The van der Waals surface area contributed by atoms with Crippen molar-refractivity contribution in [3.63, 3.8) is 0 Å². The molecule has 0 aliphatic rings. The van der Waals surface area contributed by atoms with E-state index in [-0.39, 0.29) is 19.2 Å². The Morgan fingerprint density at radius 1 is 1.29 bits per heavy atom. The van der Waals surface area contributed by atoms with Gasteiger partial charge in [-0.05, 0) is 25.0 Å². The lowest BCUT2D eigenvalue weighted by Gasteiger charge is -2.21. The van der Waals surface area contributed by atoms with Gasteiger partial charge in [-0.15, -0.1) is 0 Å². The first-order chi connectivity index (χ1) is 7.87. The molecule has 0 bridgehead atoms. The number of esters is 1.